The highest BCUT2D eigenvalue weighted by Gasteiger charge is 2.43. The smallest absolute Gasteiger partial charge is 0.497 e. The maximum absolute atomic E-state index is 14.9. The number of thioether (sulfide) groups is 2. The molecule has 2 saturated heterocycles. The Hall–Kier alpha value is -9.50. The van der Waals surface area contributed by atoms with E-state index in [0.29, 0.717) is 87.2 Å². The van der Waals surface area contributed by atoms with Gasteiger partial charge in [-0.1, -0.05) is 91.1 Å². The molecule has 448 valence electrons. The van der Waals surface area contributed by atoms with E-state index in [9.17, 15) is 45.5 Å². The number of carbonyl (C=O) groups is 4. The number of ether oxygens (including phenoxy) is 3. The minimum Gasteiger partial charge on any atom is -0.497 e. The Balaban J connectivity index is 0.802. The number of nitrogens with one attached hydrogen (secondary N) is 2. The first-order valence-corrected chi connectivity index (χ1v) is 28.7. The number of rotatable bonds is 17. The molecule has 6 amide bonds. The SMILES string of the molecule is CCc1ccc(C2SC(=NC(=O)NCCc3ccc(-c4ncn(-c5ccc(OC(F)(F)F)cc5)n4)cc3)N(c3ccc(OC)cc3C)C2=O)c(C)c1N1C(=O)CSC1=NC(=O)NC(C)Cc1ccc(-c2ncn(-c3ccc(OC(F)(F)F)cc3)n2)cc1. The van der Waals surface area contributed by atoms with Crippen LogP contribution in [0.5, 0.6) is 17.2 Å². The Morgan fingerprint density at radius 2 is 1.25 bits per heavy atom. The number of amides is 6. The largest absolute Gasteiger partial charge is 0.573 e. The topological polar surface area (TPSA) is 213 Å². The maximum atomic E-state index is 14.9. The number of aliphatic imine (C=N–C) groups is 2. The Kier molecular flexibility index (Phi) is 17.8. The molecule has 2 unspecified atom stereocenters. The quantitative estimate of drug-likeness (QED) is 0.0813. The van der Waals surface area contributed by atoms with Crippen LogP contribution in [0.3, 0.4) is 0 Å². The second kappa shape index (κ2) is 25.6. The molecule has 8 aromatic rings. The lowest BCUT2D eigenvalue weighted by Gasteiger charge is -2.25. The molecule has 2 fully saturated rings. The standard InChI is InChI=1S/C60H52F6N12O7S2/c1-6-39-15-25-47(36(4)50(39)78-49(79)31-86-57(78)72-56(82)70-35(3)30-38-9-13-41(14-10-38)53-69-33-76(74-53)43-18-22-45(23-19-43)85-60(64,65)66)51-54(80)77(48-26-24-46(83-5)29-34(48)2)58(87-51)71-55(81)67-28-27-37-7-11-40(12-8-37)52-68-32-75(73-52)42-16-20-44(21-17-42)84-59(61,62)63/h7-26,29,32-33,35,51H,6,27-28,30-31H2,1-5H3,(H,67,81)(H,70,82). The third kappa shape index (κ3) is 14.4. The van der Waals surface area contributed by atoms with Gasteiger partial charge in [0.1, 0.15) is 35.2 Å². The minimum atomic E-state index is -4.81. The lowest BCUT2D eigenvalue weighted by atomic mass is 9.96. The van der Waals surface area contributed by atoms with Gasteiger partial charge in [-0.2, -0.15) is 9.98 Å². The number of halogens is 6. The number of aryl methyl sites for hydroxylation is 2. The second-order valence-electron chi connectivity index (χ2n) is 19.8. The van der Waals surface area contributed by atoms with Crippen molar-refractivity contribution in [2.45, 2.75) is 71.0 Å². The summed E-state index contributed by atoms with van der Waals surface area (Å²) in [5, 5.41) is 14.0. The van der Waals surface area contributed by atoms with Crippen molar-refractivity contribution in [3.05, 3.63) is 173 Å². The van der Waals surface area contributed by atoms with E-state index in [2.05, 4.69) is 50.3 Å². The summed E-state index contributed by atoms with van der Waals surface area (Å²) in [6.45, 7) is 7.56. The van der Waals surface area contributed by atoms with Crippen LogP contribution in [0.25, 0.3) is 34.2 Å². The highest BCUT2D eigenvalue weighted by atomic mass is 32.2. The first-order chi connectivity index (χ1) is 41.6. The number of carbonyl (C=O) groups excluding carboxylic acids is 4. The number of hydrogen-bond donors (Lipinski definition) is 2. The van der Waals surface area contributed by atoms with Crippen LogP contribution in [-0.4, -0.2) is 102 Å². The van der Waals surface area contributed by atoms with Crippen LogP contribution < -0.4 is 34.6 Å². The molecule has 19 nitrogen and oxygen atoms in total. The molecule has 2 N–H and O–H groups in total. The van der Waals surface area contributed by atoms with Crippen LogP contribution in [0, 0.1) is 13.8 Å². The van der Waals surface area contributed by atoms with E-state index >= 15 is 0 Å². The van der Waals surface area contributed by atoms with Crippen molar-refractivity contribution in [2.24, 2.45) is 9.98 Å². The van der Waals surface area contributed by atoms with E-state index in [1.807, 2.05) is 88.4 Å². The third-order valence-corrected chi connectivity index (χ3v) is 15.9. The molecule has 4 heterocycles. The van der Waals surface area contributed by atoms with Gasteiger partial charge in [0.05, 0.1) is 35.6 Å². The Bertz CT molecular complexity index is 3930. The first-order valence-electron chi connectivity index (χ1n) is 26.8. The van der Waals surface area contributed by atoms with Crippen LogP contribution in [0.4, 0.5) is 47.3 Å². The van der Waals surface area contributed by atoms with Gasteiger partial charge in [-0.3, -0.25) is 19.4 Å². The highest BCUT2D eigenvalue weighted by molar-refractivity contribution is 8.16. The molecule has 6 aromatic carbocycles. The number of amidine groups is 2. The molecular weight excluding hydrogens is 1180 g/mol. The van der Waals surface area contributed by atoms with Gasteiger partial charge in [0.15, 0.2) is 22.0 Å². The fraction of sp³-hybridized carbons (Fsp3) is 0.233. The average molecular weight is 1230 g/mol. The van der Waals surface area contributed by atoms with Crippen molar-refractivity contribution in [1.82, 2.24) is 40.2 Å². The van der Waals surface area contributed by atoms with Crippen molar-refractivity contribution in [3.63, 3.8) is 0 Å². The monoisotopic (exact) mass is 1230 g/mol. The number of methoxy groups -OCH3 is 1. The van der Waals surface area contributed by atoms with Crippen LogP contribution in [-0.2, 0) is 28.9 Å². The van der Waals surface area contributed by atoms with Gasteiger partial charge in [0, 0.05) is 23.7 Å². The Morgan fingerprint density at radius 3 is 1.79 bits per heavy atom. The van der Waals surface area contributed by atoms with E-state index < -0.39 is 36.1 Å². The molecule has 0 saturated carbocycles. The second-order valence-corrected chi connectivity index (χ2v) is 21.8. The highest BCUT2D eigenvalue weighted by Crippen LogP contribution is 2.47. The molecule has 2 aliphatic rings. The van der Waals surface area contributed by atoms with Crippen LogP contribution in [0.2, 0.25) is 0 Å². The summed E-state index contributed by atoms with van der Waals surface area (Å²) in [5.41, 5.74) is 7.62. The molecule has 0 aliphatic carbocycles. The van der Waals surface area contributed by atoms with Gasteiger partial charge in [-0.25, -0.2) is 28.9 Å². The molecule has 27 heteroatoms. The molecular formula is C60H52F6N12O7S2. The lowest BCUT2D eigenvalue weighted by Crippen LogP contribution is -2.36. The van der Waals surface area contributed by atoms with Crippen molar-refractivity contribution in [2.75, 3.05) is 29.2 Å². The molecule has 0 radical (unpaired) electrons. The van der Waals surface area contributed by atoms with E-state index in [1.54, 1.807) is 18.2 Å². The van der Waals surface area contributed by atoms with Crippen molar-refractivity contribution in [1.29, 1.82) is 0 Å². The van der Waals surface area contributed by atoms with Crippen LogP contribution >= 0.6 is 23.5 Å². The van der Waals surface area contributed by atoms with Gasteiger partial charge >= 0.3 is 24.8 Å². The molecule has 2 aliphatic heterocycles. The lowest BCUT2D eigenvalue weighted by molar-refractivity contribution is -0.275. The number of anilines is 2. The Labute approximate surface area is 501 Å². The molecule has 10 rings (SSSR count). The molecule has 87 heavy (non-hydrogen) atoms. The van der Waals surface area contributed by atoms with Gasteiger partial charge in [0.2, 0.25) is 5.91 Å². The summed E-state index contributed by atoms with van der Waals surface area (Å²) in [6.07, 6.45) is -5.42. The number of urea groups is 2. The summed E-state index contributed by atoms with van der Waals surface area (Å²) in [6, 6.07) is 32.2. The first kappa shape index (κ1) is 60.6. The van der Waals surface area contributed by atoms with Crippen molar-refractivity contribution in [3.8, 4) is 51.4 Å². The van der Waals surface area contributed by atoms with Crippen LogP contribution in [0.15, 0.2) is 150 Å². The van der Waals surface area contributed by atoms with E-state index in [0.717, 1.165) is 40.2 Å². The average Bonchev–Trinajstić information content (AvgIpc) is 1.77. The summed E-state index contributed by atoms with van der Waals surface area (Å²) >= 11 is 2.20. The van der Waals surface area contributed by atoms with Gasteiger partial charge < -0.3 is 24.8 Å². The fourth-order valence-electron chi connectivity index (χ4n) is 9.66. The zero-order valence-corrected chi connectivity index (χ0v) is 48.5. The normalized spacial score (nSPS) is 15.8. The fourth-order valence-corrected chi connectivity index (χ4v) is 11.7. The van der Waals surface area contributed by atoms with Gasteiger partial charge in [0.25, 0.3) is 5.91 Å². The molecule has 2 atom stereocenters. The summed E-state index contributed by atoms with van der Waals surface area (Å²) in [7, 11) is 1.53. The number of hydrogen-bond acceptors (Lipinski definition) is 13. The zero-order chi connectivity index (χ0) is 61.7. The van der Waals surface area contributed by atoms with E-state index in [1.165, 1.54) is 87.5 Å². The summed E-state index contributed by atoms with van der Waals surface area (Å²) in [5.74, 6) is -0.0927. The predicted octanol–water partition coefficient (Wildman–Crippen LogP) is 12.1. The van der Waals surface area contributed by atoms with Crippen LogP contribution in [0.1, 0.15) is 52.5 Å². The zero-order valence-electron chi connectivity index (χ0n) is 46.9. The number of benzene rings is 6. The minimum absolute atomic E-state index is 0.00963. The van der Waals surface area contributed by atoms with Gasteiger partial charge in [-0.05, 0) is 140 Å². The molecule has 2 aromatic heterocycles. The van der Waals surface area contributed by atoms with Gasteiger partial charge in [-0.15, -0.1) is 36.5 Å². The molecule has 0 bridgehead atoms. The molecule has 0 spiro atoms. The summed E-state index contributed by atoms with van der Waals surface area (Å²) in [4.78, 5) is 76.5. The summed E-state index contributed by atoms with van der Waals surface area (Å²) < 4.78 is 92.0. The van der Waals surface area contributed by atoms with Crippen molar-refractivity contribution >= 4 is 69.1 Å². The third-order valence-electron chi connectivity index (χ3n) is 13.8. The maximum Gasteiger partial charge on any atom is 0.573 e. The number of aromatic nitrogens is 6. The van der Waals surface area contributed by atoms with E-state index in [4.69, 9.17) is 4.74 Å². The number of alkyl halides is 6. The van der Waals surface area contributed by atoms with E-state index in [-0.39, 0.29) is 45.9 Å². The number of nitrogens with zero attached hydrogens (tertiary/aromatic N) is 10. The van der Waals surface area contributed by atoms with Crippen molar-refractivity contribution < 1.29 is 59.7 Å². The Morgan fingerprint density at radius 1 is 0.701 bits per heavy atom. The predicted molar refractivity (Wildman–Crippen MR) is 317 cm³/mol.